The lowest BCUT2D eigenvalue weighted by atomic mass is 10.00. The zero-order chi connectivity index (χ0) is 15.0. The third-order valence-electron chi connectivity index (χ3n) is 4.47. The van der Waals surface area contributed by atoms with Crippen molar-refractivity contribution < 1.29 is 14.3 Å². The minimum atomic E-state index is -0.504. The van der Waals surface area contributed by atoms with Crippen LogP contribution < -0.4 is 5.32 Å². The molecule has 4 nitrogen and oxygen atoms in total. The molecule has 1 amide bonds. The number of halogens is 2. The number of carbonyl (C=O) groups excluding carboxylic acids is 1. The van der Waals surface area contributed by atoms with E-state index < -0.39 is 5.82 Å². The van der Waals surface area contributed by atoms with Gasteiger partial charge in [0.15, 0.2) is 0 Å². The van der Waals surface area contributed by atoms with Gasteiger partial charge in [0.1, 0.15) is 5.82 Å². The van der Waals surface area contributed by atoms with Crippen LogP contribution in [0, 0.1) is 17.7 Å². The highest BCUT2D eigenvalue weighted by atomic mass is 35.5. The van der Waals surface area contributed by atoms with Crippen LogP contribution in [0.15, 0.2) is 18.2 Å². The van der Waals surface area contributed by atoms with Crippen LogP contribution >= 0.6 is 11.6 Å². The predicted octanol–water partition coefficient (Wildman–Crippen LogP) is 2.12. The summed E-state index contributed by atoms with van der Waals surface area (Å²) in [7, 11) is 0. The number of carbonyl (C=O) groups is 1. The van der Waals surface area contributed by atoms with Crippen LogP contribution in [-0.2, 0) is 4.79 Å². The second-order valence-corrected chi connectivity index (χ2v) is 6.35. The predicted molar refractivity (Wildman–Crippen MR) is 78.7 cm³/mol. The lowest BCUT2D eigenvalue weighted by Gasteiger charge is -2.17. The molecule has 1 saturated heterocycles. The molecule has 1 heterocycles. The maximum Gasteiger partial charge on any atom is 0.238 e. The number of hydrogen-bond acceptors (Lipinski definition) is 3. The molecule has 2 N–H and O–H groups in total. The summed E-state index contributed by atoms with van der Waals surface area (Å²) in [6.07, 6.45) is 1.69. The number of aliphatic hydroxyl groups is 1. The molecule has 0 aromatic heterocycles. The molecular weight excluding hydrogens is 295 g/mol. The number of likely N-dealkylation sites (tertiary alicyclic amines) is 1. The Balaban J connectivity index is 1.54. The van der Waals surface area contributed by atoms with Gasteiger partial charge in [-0.05, 0) is 37.0 Å². The number of benzene rings is 1. The van der Waals surface area contributed by atoms with Crippen molar-refractivity contribution in [2.45, 2.75) is 18.9 Å². The Morgan fingerprint density at radius 3 is 2.95 bits per heavy atom. The maximum absolute atomic E-state index is 13.1. The van der Waals surface area contributed by atoms with Crippen molar-refractivity contribution >= 4 is 23.2 Å². The first-order valence-electron chi connectivity index (χ1n) is 7.18. The number of anilines is 1. The average Bonchev–Trinajstić information content (AvgIpc) is 2.96. The lowest BCUT2D eigenvalue weighted by molar-refractivity contribution is -0.117. The Morgan fingerprint density at radius 1 is 1.43 bits per heavy atom. The summed E-state index contributed by atoms with van der Waals surface area (Å²) in [6, 6.07) is 4.12. The summed E-state index contributed by atoms with van der Waals surface area (Å²) < 4.78 is 13.1. The van der Waals surface area contributed by atoms with Crippen LogP contribution in [0.25, 0.3) is 0 Å². The van der Waals surface area contributed by atoms with Crippen molar-refractivity contribution in [3.8, 4) is 0 Å². The Hall–Kier alpha value is -1.17. The van der Waals surface area contributed by atoms with E-state index in [-0.39, 0.29) is 23.6 Å². The topological polar surface area (TPSA) is 52.6 Å². The quantitative estimate of drug-likeness (QED) is 0.899. The molecule has 3 rings (SSSR count). The van der Waals surface area contributed by atoms with Crippen molar-refractivity contribution in [1.82, 2.24) is 4.90 Å². The SMILES string of the molecule is O=C(CN1CC2CCC(O)C2C1)Nc1ccc(F)c(Cl)c1. The average molecular weight is 313 g/mol. The summed E-state index contributed by atoms with van der Waals surface area (Å²) in [4.78, 5) is 14.1. The molecule has 0 radical (unpaired) electrons. The fourth-order valence-corrected chi connectivity index (χ4v) is 3.62. The van der Waals surface area contributed by atoms with Gasteiger partial charge >= 0.3 is 0 Å². The number of aliphatic hydroxyl groups excluding tert-OH is 1. The lowest BCUT2D eigenvalue weighted by Crippen LogP contribution is -2.33. The normalized spacial score (nSPS) is 28.6. The number of nitrogens with one attached hydrogen (secondary N) is 1. The summed E-state index contributed by atoms with van der Waals surface area (Å²) >= 11 is 5.68. The van der Waals surface area contributed by atoms with E-state index in [1.807, 2.05) is 0 Å². The van der Waals surface area contributed by atoms with E-state index >= 15 is 0 Å². The Morgan fingerprint density at radius 2 is 2.24 bits per heavy atom. The summed E-state index contributed by atoms with van der Waals surface area (Å²) in [6.45, 7) is 1.91. The van der Waals surface area contributed by atoms with Crippen LogP contribution in [0.1, 0.15) is 12.8 Å². The monoisotopic (exact) mass is 312 g/mol. The second kappa shape index (κ2) is 5.91. The molecule has 0 bridgehead atoms. The molecule has 1 aliphatic carbocycles. The number of nitrogens with zero attached hydrogens (tertiary/aromatic N) is 1. The highest BCUT2D eigenvalue weighted by molar-refractivity contribution is 6.31. The van der Waals surface area contributed by atoms with Gasteiger partial charge in [0.05, 0.1) is 17.7 Å². The molecule has 1 aromatic rings. The molecule has 1 aromatic carbocycles. The smallest absolute Gasteiger partial charge is 0.238 e. The van der Waals surface area contributed by atoms with Gasteiger partial charge in [-0.25, -0.2) is 4.39 Å². The Labute approximate surface area is 127 Å². The van der Waals surface area contributed by atoms with E-state index in [2.05, 4.69) is 10.2 Å². The highest BCUT2D eigenvalue weighted by Crippen LogP contribution is 2.37. The highest BCUT2D eigenvalue weighted by Gasteiger charge is 2.41. The molecule has 2 fully saturated rings. The van der Waals surface area contributed by atoms with E-state index in [0.717, 1.165) is 25.9 Å². The van der Waals surface area contributed by atoms with E-state index in [4.69, 9.17) is 11.6 Å². The molecule has 0 spiro atoms. The van der Waals surface area contributed by atoms with E-state index in [1.54, 1.807) is 0 Å². The van der Waals surface area contributed by atoms with E-state index in [0.29, 0.717) is 17.5 Å². The third kappa shape index (κ3) is 3.20. The fraction of sp³-hybridized carbons (Fsp3) is 0.533. The van der Waals surface area contributed by atoms with Gasteiger partial charge in [-0.3, -0.25) is 9.69 Å². The van der Waals surface area contributed by atoms with Gasteiger partial charge in [-0.15, -0.1) is 0 Å². The standard InChI is InChI=1S/C15H18ClFN2O2/c16-12-5-10(2-3-13(12)17)18-15(21)8-19-6-9-1-4-14(20)11(9)7-19/h2-3,5,9,11,14,20H,1,4,6-8H2,(H,18,21). The zero-order valence-electron chi connectivity index (χ0n) is 11.6. The van der Waals surface area contributed by atoms with Gasteiger partial charge in [-0.1, -0.05) is 11.6 Å². The second-order valence-electron chi connectivity index (χ2n) is 5.94. The van der Waals surface area contributed by atoms with Gasteiger partial charge < -0.3 is 10.4 Å². The molecule has 1 saturated carbocycles. The van der Waals surface area contributed by atoms with Crippen LogP contribution in [0.4, 0.5) is 10.1 Å². The fourth-order valence-electron chi connectivity index (χ4n) is 3.44. The minimum Gasteiger partial charge on any atom is -0.393 e. The number of fused-ring (bicyclic) bond motifs is 1. The number of amides is 1. The molecular formula is C15H18ClFN2O2. The summed E-state index contributed by atoms with van der Waals surface area (Å²) in [5.74, 6) is 0.161. The van der Waals surface area contributed by atoms with E-state index in [9.17, 15) is 14.3 Å². The molecule has 6 heteroatoms. The van der Waals surface area contributed by atoms with Crippen molar-refractivity contribution in [2.75, 3.05) is 25.0 Å². The van der Waals surface area contributed by atoms with Crippen LogP contribution in [0.3, 0.4) is 0 Å². The summed E-state index contributed by atoms with van der Waals surface area (Å²) in [5, 5.41) is 12.6. The van der Waals surface area contributed by atoms with Crippen molar-refractivity contribution in [3.05, 3.63) is 29.0 Å². The largest absolute Gasteiger partial charge is 0.393 e. The van der Waals surface area contributed by atoms with Gasteiger partial charge in [0, 0.05) is 24.7 Å². The van der Waals surface area contributed by atoms with Gasteiger partial charge in [0.25, 0.3) is 0 Å². The minimum absolute atomic E-state index is 0.00775. The van der Waals surface area contributed by atoms with Crippen LogP contribution in [0.5, 0.6) is 0 Å². The molecule has 21 heavy (non-hydrogen) atoms. The van der Waals surface area contributed by atoms with Crippen molar-refractivity contribution in [1.29, 1.82) is 0 Å². The van der Waals surface area contributed by atoms with Crippen molar-refractivity contribution in [3.63, 3.8) is 0 Å². The van der Waals surface area contributed by atoms with Gasteiger partial charge in [-0.2, -0.15) is 0 Å². The summed E-state index contributed by atoms with van der Waals surface area (Å²) in [5.41, 5.74) is 0.492. The van der Waals surface area contributed by atoms with E-state index in [1.165, 1.54) is 18.2 Å². The van der Waals surface area contributed by atoms with Crippen molar-refractivity contribution in [2.24, 2.45) is 11.8 Å². The molecule has 114 valence electrons. The number of hydrogen-bond donors (Lipinski definition) is 2. The molecule has 1 aliphatic heterocycles. The Kier molecular flexibility index (Phi) is 4.15. The van der Waals surface area contributed by atoms with Crippen LogP contribution in [0.2, 0.25) is 5.02 Å². The molecule has 2 aliphatic rings. The first kappa shape index (κ1) is 14.8. The molecule has 3 unspecified atom stereocenters. The first-order chi connectivity index (χ1) is 10.0. The van der Waals surface area contributed by atoms with Gasteiger partial charge in [0.2, 0.25) is 5.91 Å². The molecule has 3 atom stereocenters. The zero-order valence-corrected chi connectivity index (χ0v) is 12.3. The maximum atomic E-state index is 13.1. The number of rotatable bonds is 3. The third-order valence-corrected chi connectivity index (χ3v) is 4.75. The first-order valence-corrected chi connectivity index (χ1v) is 7.56. The van der Waals surface area contributed by atoms with Crippen LogP contribution in [-0.4, -0.2) is 41.7 Å². The Bertz CT molecular complexity index is 554.